The van der Waals surface area contributed by atoms with Crippen LogP contribution in [0.25, 0.3) is 10.9 Å². The van der Waals surface area contributed by atoms with Crippen LogP contribution in [0.4, 0.5) is 26.3 Å². The van der Waals surface area contributed by atoms with E-state index in [4.69, 9.17) is 5.11 Å². The van der Waals surface area contributed by atoms with Crippen LogP contribution in [0.15, 0.2) is 24.3 Å². The number of rotatable bonds is 1. The average molecular weight is 339 g/mol. The second-order valence-corrected chi connectivity index (χ2v) is 4.06. The maximum Gasteiger partial charge on any atom is 0.433 e. The van der Waals surface area contributed by atoms with Gasteiger partial charge in [-0.1, -0.05) is 26.0 Å². The molecule has 1 N–H and O–H groups in total. The molecule has 126 valence electrons. The van der Waals surface area contributed by atoms with Crippen molar-refractivity contribution in [2.45, 2.75) is 26.2 Å². The van der Waals surface area contributed by atoms with E-state index in [1.165, 1.54) is 0 Å². The molecule has 3 nitrogen and oxygen atoms in total. The van der Waals surface area contributed by atoms with Gasteiger partial charge in [0.15, 0.2) is 0 Å². The van der Waals surface area contributed by atoms with Crippen molar-refractivity contribution in [2.24, 2.45) is 0 Å². The van der Waals surface area contributed by atoms with E-state index in [2.05, 4.69) is 4.98 Å². The molecule has 0 saturated heterocycles. The van der Waals surface area contributed by atoms with Crippen LogP contribution >= 0.6 is 0 Å². The Labute approximate surface area is 126 Å². The number of carbonyl (C=O) groups is 1. The maximum atomic E-state index is 12.8. The minimum Gasteiger partial charge on any atom is -0.478 e. The first-order chi connectivity index (χ1) is 10.5. The van der Waals surface area contributed by atoms with Gasteiger partial charge in [0, 0.05) is 5.39 Å². The molecule has 0 fully saturated rings. The Balaban J connectivity index is 0.00000127. The zero-order chi connectivity index (χ0) is 18.0. The molecule has 0 amide bonds. The lowest BCUT2D eigenvalue weighted by Crippen LogP contribution is -2.14. The number of carboxylic acid groups (broad SMARTS) is 1. The van der Waals surface area contributed by atoms with Gasteiger partial charge in [-0.2, -0.15) is 26.3 Å². The molecule has 0 atom stereocenters. The predicted molar refractivity (Wildman–Crippen MR) is 70.1 cm³/mol. The largest absolute Gasteiger partial charge is 0.478 e. The molecule has 0 aliphatic heterocycles. The van der Waals surface area contributed by atoms with Gasteiger partial charge in [0.25, 0.3) is 0 Å². The van der Waals surface area contributed by atoms with Gasteiger partial charge >= 0.3 is 18.3 Å². The van der Waals surface area contributed by atoms with Crippen LogP contribution in [-0.4, -0.2) is 16.1 Å². The maximum absolute atomic E-state index is 12.8. The number of alkyl halides is 6. The highest BCUT2D eigenvalue weighted by molar-refractivity contribution is 6.03. The fourth-order valence-electron chi connectivity index (χ4n) is 1.80. The summed E-state index contributed by atoms with van der Waals surface area (Å²) in [4.78, 5) is 13.9. The number of carboxylic acids is 1. The molecule has 0 unspecified atom stereocenters. The Hall–Kier alpha value is -2.32. The zero-order valence-corrected chi connectivity index (χ0v) is 11.9. The molecule has 0 spiro atoms. The SMILES string of the molecule is CC.O=C(O)c1cc(C(F)(F)F)nc2c(C(F)(F)F)cccc12. The summed E-state index contributed by atoms with van der Waals surface area (Å²) >= 11 is 0. The van der Waals surface area contributed by atoms with E-state index in [-0.39, 0.29) is 6.07 Å². The van der Waals surface area contributed by atoms with E-state index in [9.17, 15) is 31.1 Å². The highest BCUT2D eigenvalue weighted by Crippen LogP contribution is 2.37. The molecule has 2 rings (SSSR count). The number of hydrogen-bond donors (Lipinski definition) is 1. The topological polar surface area (TPSA) is 50.2 Å². The third-order valence-electron chi connectivity index (χ3n) is 2.67. The molecule has 23 heavy (non-hydrogen) atoms. The lowest BCUT2D eigenvalue weighted by Gasteiger charge is -2.13. The number of benzene rings is 1. The molecule has 2 aromatic rings. The summed E-state index contributed by atoms with van der Waals surface area (Å²) in [6.07, 6.45) is -10.0. The van der Waals surface area contributed by atoms with Crippen molar-refractivity contribution in [1.82, 2.24) is 4.98 Å². The average Bonchev–Trinajstić information content (AvgIpc) is 2.45. The summed E-state index contributed by atoms with van der Waals surface area (Å²) in [7, 11) is 0. The van der Waals surface area contributed by atoms with Crippen molar-refractivity contribution in [1.29, 1.82) is 0 Å². The molecular weight excluding hydrogens is 328 g/mol. The Kier molecular flexibility index (Phi) is 5.24. The van der Waals surface area contributed by atoms with Crippen LogP contribution in [0.5, 0.6) is 0 Å². The number of hydrogen-bond acceptors (Lipinski definition) is 2. The lowest BCUT2D eigenvalue weighted by atomic mass is 10.0. The number of aromatic nitrogens is 1. The van der Waals surface area contributed by atoms with Gasteiger partial charge in [-0.3, -0.25) is 0 Å². The van der Waals surface area contributed by atoms with Crippen LogP contribution < -0.4 is 0 Å². The third-order valence-corrected chi connectivity index (χ3v) is 2.67. The minimum absolute atomic E-state index is 0.213. The fraction of sp³-hybridized carbons (Fsp3) is 0.286. The van der Waals surface area contributed by atoms with Gasteiger partial charge < -0.3 is 5.11 Å². The predicted octanol–water partition coefficient (Wildman–Crippen LogP) is 5.00. The molecule has 0 bridgehead atoms. The first kappa shape index (κ1) is 18.7. The fourth-order valence-corrected chi connectivity index (χ4v) is 1.80. The number of para-hydroxylation sites is 1. The standard InChI is InChI=1S/C12H5F6NO2.C2H6/c13-11(14,15)7-3-1-2-5-6(10(20)21)4-8(12(16,17)18)19-9(5)7;1-2/h1-4H,(H,20,21);1-2H3. The van der Waals surface area contributed by atoms with Crippen molar-refractivity contribution in [3.05, 3.63) is 41.1 Å². The normalized spacial score (nSPS) is 11.8. The lowest BCUT2D eigenvalue weighted by molar-refractivity contribution is -0.142. The Bertz CT molecular complexity index is 722. The van der Waals surface area contributed by atoms with Gasteiger partial charge in [-0.05, 0) is 12.1 Å². The quantitative estimate of drug-likeness (QED) is 0.744. The smallest absolute Gasteiger partial charge is 0.433 e. The minimum atomic E-state index is -5.06. The van der Waals surface area contributed by atoms with Crippen LogP contribution in [0.3, 0.4) is 0 Å². The van der Waals surface area contributed by atoms with Gasteiger partial charge in [0.05, 0.1) is 16.6 Å². The molecular formula is C14H11F6NO2. The summed E-state index contributed by atoms with van der Waals surface area (Å²) in [5.74, 6) is -1.77. The first-order valence-electron chi connectivity index (χ1n) is 6.33. The molecule has 0 aliphatic carbocycles. The monoisotopic (exact) mass is 339 g/mol. The van der Waals surface area contributed by atoms with E-state index in [1.807, 2.05) is 13.8 Å². The van der Waals surface area contributed by atoms with Crippen molar-refractivity contribution >= 4 is 16.9 Å². The van der Waals surface area contributed by atoms with Crippen LogP contribution in [0, 0.1) is 0 Å². The van der Waals surface area contributed by atoms with Gasteiger partial charge in [0.1, 0.15) is 5.69 Å². The summed E-state index contributed by atoms with van der Waals surface area (Å²) in [6.45, 7) is 4.00. The Morgan fingerprint density at radius 2 is 1.61 bits per heavy atom. The van der Waals surface area contributed by atoms with Crippen LogP contribution in [-0.2, 0) is 12.4 Å². The van der Waals surface area contributed by atoms with E-state index in [0.29, 0.717) is 6.07 Å². The number of halogens is 6. The van der Waals surface area contributed by atoms with E-state index >= 15 is 0 Å². The van der Waals surface area contributed by atoms with Gasteiger partial charge in [-0.15, -0.1) is 0 Å². The molecule has 9 heteroatoms. The Morgan fingerprint density at radius 3 is 2.04 bits per heavy atom. The summed E-state index contributed by atoms with van der Waals surface area (Å²) in [5, 5.41) is 8.38. The van der Waals surface area contributed by atoms with Crippen molar-refractivity contribution in [3.63, 3.8) is 0 Å². The molecule has 1 aromatic heterocycles. The number of aromatic carboxylic acids is 1. The zero-order valence-electron chi connectivity index (χ0n) is 11.9. The molecule has 1 aromatic carbocycles. The van der Waals surface area contributed by atoms with Crippen molar-refractivity contribution in [2.75, 3.05) is 0 Å². The van der Waals surface area contributed by atoms with Gasteiger partial charge in [0.2, 0.25) is 0 Å². The Morgan fingerprint density at radius 1 is 1.04 bits per heavy atom. The highest BCUT2D eigenvalue weighted by Gasteiger charge is 2.37. The van der Waals surface area contributed by atoms with Crippen LogP contribution in [0.1, 0.15) is 35.5 Å². The molecule has 0 aliphatic rings. The van der Waals surface area contributed by atoms with Crippen molar-refractivity contribution in [3.8, 4) is 0 Å². The number of fused-ring (bicyclic) bond motifs is 1. The first-order valence-corrected chi connectivity index (χ1v) is 6.33. The summed E-state index contributed by atoms with van der Waals surface area (Å²) in [5.41, 5.74) is -5.05. The molecule has 0 radical (unpaired) electrons. The van der Waals surface area contributed by atoms with Gasteiger partial charge in [-0.25, -0.2) is 9.78 Å². The van der Waals surface area contributed by atoms with E-state index < -0.39 is 46.0 Å². The number of pyridine rings is 1. The van der Waals surface area contributed by atoms with Crippen LogP contribution in [0.2, 0.25) is 0 Å². The summed E-state index contributed by atoms with van der Waals surface area (Å²) in [6, 6.07) is 2.64. The highest BCUT2D eigenvalue weighted by atomic mass is 19.4. The molecule has 0 saturated carbocycles. The van der Waals surface area contributed by atoms with Crippen molar-refractivity contribution < 1.29 is 36.2 Å². The van der Waals surface area contributed by atoms with E-state index in [0.717, 1.165) is 12.1 Å². The van der Waals surface area contributed by atoms with E-state index in [1.54, 1.807) is 0 Å². The molecule has 1 heterocycles. The second-order valence-electron chi connectivity index (χ2n) is 4.06. The second kappa shape index (κ2) is 6.43. The third kappa shape index (κ3) is 3.91. The summed E-state index contributed by atoms with van der Waals surface area (Å²) < 4.78 is 76.4. The number of nitrogens with zero attached hydrogens (tertiary/aromatic N) is 1.